The van der Waals surface area contributed by atoms with Crippen molar-refractivity contribution >= 4 is 36.2 Å². The molecule has 0 fully saturated rings. The van der Waals surface area contributed by atoms with Crippen LogP contribution < -0.4 is 21.9 Å². The predicted octanol–water partition coefficient (Wildman–Crippen LogP) is 3.21. The maximum Gasteiger partial charge on any atom is 0.325 e. The first-order valence-corrected chi connectivity index (χ1v) is 13.0. The van der Waals surface area contributed by atoms with E-state index in [9.17, 15) is 9.59 Å². The van der Waals surface area contributed by atoms with Crippen molar-refractivity contribution in [2.24, 2.45) is 16.0 Å². The van der Waals surface area contributed by atoms with Gasteiger partial charge in [-0.25, -0.2) is 5.84 Å². The van der Waals surface area contributed by atoms with Crippen molar-refractivity contribution in [3.05, 3.63) is 95.0 Å². The molecule has 1 amide bonds. The molecule has 0 aromatic heterocycles. The summed E-state index contributed by atoms with van der Waals surface area (Å²) in [5, 5.41) is 13.3. The Kier molecular flexibility index (Phi) is 12.3. The van der Waals surface area contributed by atoms with Crippen LogP contribution in [-0.4, -0.2) is 49.9 Å². The van der Waals surface area contributed by atoms with E-state index in [1.165, 1.54) is 0 Å². The molecule has 0 saturated carbocycles. The summed E-state index contributed by atoms with van der Waals surface area (Å²) < 4.78 is 11.1. The quantitative estimate of drug-likeness (QED) is 0.0821. The Bertz CT molecular complexity index is 1290. The highest BCUT2D eigenvalue weighted by molar-refractivity contribution is 6.30. The number of nitrogens with two attached hydrogens (primary N) is 1. The summed E-state index contributed by atoms with van der Waals surface area (Å²) in [5.41, 5.74) is 5.99. The number of ether oxygens (including phenoxy) is 2. The van der Waals surface area contributed by atoms with Crippen LogP contribution >= 0.6 is 11.6 Å². The van der Waals surface area contributed by atoms with Gasteiger partial charge in [0, 0.05) is 11.7 Å². The van der Waals surface area contributed by atoms with Crippen LogP contribution in [-0.2, 0) is 32.1 Å². The number of nitrogens with one attached hydrogen (secondary N) is 3. The summed E-state index contributed by atoms with van der Waals surface area (Å²) in [7, 11) is 0. The van der Waals surface area contributed by atoms with E-state index in [1.807, 2.05) is 78.9 Å². The topological polar surface area (TPSA) is 139 Å². The van der Waals surface area contributed by atoms with Crippen molar-refractivity contribution in [2.45, 2.75) is 32.0 Å². The van der Waals surface area contributed by atoms with Crippen LogP contribution in [0.2, 0.25) is 5.02 Å². The van der Waals surface area contributed by atoms with Crippen molar-refractivity contribution in [1.82, 2.24) is 16.1 Å². The smallest absolute Gasteiger partial charge is 0.325 e. The minimum absolute atomic E-state index is 0.0183. The molecule has 3 aromatic carbocycles. The summed E-state index contributed by atoms with van der Waals surface area (Å²) in [5.74, 6) is 4.30. The zero-order chi connectivity index (χ0) is 28.7. The minimum Gasteiger partial charge on any atom is -0.465 e. The number of halogens is 1. The number of hydrogen-bond donors (Lipinski definition) is 4. The first-order chi connectivity index (χ1) is 19.4. The highest BCUT2D eigenvalue weighted by Gasteiger charge is 2.28. The van der Waals surface area contributed by atoms with Crippen LogP contribution in [0.1, 0.15) is 18.1 Å². The summed E-state index contributed by atoms with van der Waals surface area (Å²) in [6.07, 6.45) is 0.232. The Labute approximate surface area is 238 Å². The third kappa shape index (κ3) is 9.58. The molecule has 0 saturated heterocycles. The van der Waals surface area contributed by atoms with E-state index < -0.39 is 24.0 Å². The molecular weight excluding hydrogens is 532 g/mol. The van der Waals surface area contributed by atoms with Crippen LogP contribution in [0.25, 0.3) is 11.1 Å². The van der Waals surface area contributed by atoms with Crippen LogP contribution in [0.4, 0.5) is 0 Å². The molecule has 0 bridgehead atoms. The van der Waals surface area contributed by atoms with Crippen LogP contribution in [0.15, 0.2) is 89.1 Å². The third-order valence-corrected chi connectivity index (χ3v) is 6.02. The first kappa shape index (κ1) is 30.5. The van der Waals surface area contributed by atoms with Gasteiger partial charge in [-0.2, -0.15) is 5.10 Å². The Morgan fingerprint density at radius 3 is 2.38 bits per heavy atom. The molecule has 40 heavy (non-hydrogen) atoms. The number of carbonyl (C=O) groups is 2. The van der Waals surface area contributed by atoms with Crippen molar-refractivity contribution < 1.29 is 19.1 Å². The summed E-state index contributed by atoms with van der Waals surface area (Å²) in [4.78, 5) is 26.1. The molecule has 11 heteroatoms. The molecule has 210 valence electrons. The lowest BCUT2D eigenvalue weighted by molar-refractivity contribution is -0.148. The first-order valence-electron chi connectivity index (χ1n) is 12.6. The highest BCUT2D eigenvalue weighted by Crippen LogP contribution is 2.23. The molecule has 0 radical (unpaired) electrons. The lowest BCUT2D eigenvalue weighted by atomic mass is 10.00. The van der Waals surface area contributed by atoms with E-state index in [4.69, 9.17) is 26.9 Å². The Balaban J connectivity index is 1.80. The summed E-state index contributed by atoms with van der Waals surface area (Å²) in [6, 6.07) is 23.0. The van der Waals surface area contributed by atoms with Crippen molar-refractivity contribution in [1.29, 1.82) is 0 Å². The predicted molar refractivity (Wildman–Crippen MR) is 156 cm³/mol. The molecule has 3 rings (SSSR count). The molecule has 0 heterocycles. The van der Waals surface area contributed by atoms with Gasteiger partial charge in [0.25, 0.3) is 0 Å². The molecule has 5 N–H and O–H groups in total. The standard InChI is InChI=1S/C29H33ClN6O4/c1-3-40-28(38)26(19-39-18-21-8-5-4-6-9-21)33-25(27(37)34-29(35-31)36-32-2)16-20-12-14-22(15-13-20)23-10-7-11-24(30)17-23/h4-15,17,25-26,33H,2-3,16,18-19,31H2,1H3,(H2,34,35,36,37)/t25-,26-/m0/s1. The second-order valence-corrected chi connectivity index (χ2v) is 9.10. The normalized spacial score (nSPS) is 12.7. The van der Waals surface area contributed by atoms with Gasteiger partial charge in [-0.05, 0) is 47.7 Å². The second-order valence-electron chi connectivity index (χ2n) is 8.66. The van der Waals surface area contributed by atoms with Gasteiger partial charge in [-0.15, -0.1) is 5.10 Å². The van der Waals surface area contributed by atoms with Gasteiger partial charge in [-0.3, -0.25) is 25.6 Å². The van der Waals surface area contributed by atoms with E-state index >= 15 is 0 Å². The largest absolute Gasteiger partial charge is 0.465 e. The van der Waals surface area contributed by atoms with Gasteiger partial charge in [0.05, 0.1) is 25.9 Å². The maximum atomic E-state index is 13.3. The molecule has 0 aliphatic heterocycles. The molecule has 0 aliphatic carbocycles. The Morgan fingerprint density at radius 2 is 1.73 bits per heavy atom. The number of carbonyl (C=O) groups excluding carboxylic acids is 2. The van der Waals surface area contributed by atoms with E-state index in [0.717, 1.165) is 22.3 Å². The number of benzene rings is 3. The fraction of sp³-hybridized carbons (Fsp3) is 0.241. The van der Waals surface area contributed by atoms with Gasteiger partial charge in [0.2, 0.25) is 11.9 Å². The molecule has 3 aromatic rings. The molecule has 10 nitrogen and oxygen atoms in total. The minimum atomic E-state index is -0.922. The molecule has 0 spiro atoms. The second kappa shape index (κ2) is 16.1. The number of amides is 1. The monoisotopic (exact) mass is 564 g/mol. The highest BCUT2D eigenvalue weighted by atomic mass is 35.5. The molecule has 2 atom stereocenters. The zero-order valence-electron chi connectivity index (χ0n) is 22.2. The van der Waals surface area contributed by atoms with Gasteiger partial charge < -0.3 is 9.47 Å². The number of hydrogen-bond acceptors (Lipinski definition) is 8. The number of hydrazine groups is 1. The van der Waals surface area contributed by atoms with Crippen LogP contribution in [0.5, 0.6) is 0 Å². The van der Waals surface area contributed by atoms with Crippen molar-refractivity contribution in [2.75, 3.05) is 13.2 Å². The fourth-order valence-corrected chi connectivity index (χ4v) is 4.06. The Morgan fingerprint density at radius 1 is 0.975 bits per heavy atom. The molecule has 0 aliphatic rings. The van der Waals surface area contributed by atoms with Crippen molar-refractivity contribution in [3.63, 3.8) is 0 Å². The van der Waals surface area contributed by atoms with Gasteiger partial charge in [0.15, 0.2) is 0 Å². The summed E-state index contributed by atoms with van der Waals surface area (Å²) in [6.45, 7) is 5.43. The maximum absolute atomic E-state index is 13.3. The lowest BCUT2D eigenvalue weighted by Gasteiger charge is -2.24. The number of rotatable bonds is 13. The summed E-state index contributed by atoms with van der Waals surface area (Å²) >= 11 is 6.14. The van der Waals surface area contributed by atoms with Gasteiger partial charge >= 0.3 is 5.97 Å². The molecule has 0 unspecified atom stereocenters. The number of esters is 1. The number of guanidine groups is 1. The van der Waals surface area contributed by atoms with Gasteiger partial charge in [0.1, 0.15) is 6.04 Å². The van der Waals surface area contributed by atoms with E-state index in [2.05, 4.69) is 33.0 Å². The SMILES string of the molecule is C=N/N=C(\NN)NC(=O)[C@H](Cc1ccc(-c2cccc(Cl)c2)cc1)N[C@@H](COCc1ccccc1)C(=O)OCC. The average molecular weight is 565 g/mol. The third-order valence-electron chi connectivity index (χ3n) is 5.79. The van der Waals surface area contributed by atoms with Crippen LogP contribution in [0.3, 0.4) is 0 Å². The van der Waals surface area contributed by atoms with E-state index in [1.54, 1.807) is 6.92 Å². The molecular formula is C29H33ClN6O4. The van der Waals surface area contributed by atoms with Gasteiger partial charge in [-0.1, -0.05) is 78.3 Å². The number of nitrogens with zero attached hydrogens (tertiary/aromatic N) is 2. The lowest BCUT2D eigenvalue weighted by Crippen LogP contribution is -2.56. The van der Waals surface area contributed by atoms with E-state index in [0.29, 0.717) is 11.6 Å². The van der Waals surface area contributed by atoms with E-state index in [-0.39, 0.29) is 25.6 Å². The Hall–Kier alpha value is -4.09. The van der Waals surface area contributed by atoms with Crippen LogP contribution in [0, 0.1) is 0 Å². The average Bonchev–Trinajstić information content (AvgIpc) is 2.96. The van der Waals surface area contributed by atoms with Crippen molar-refractivity contribution in [3.8, 4) is 11.1 Å². The fourth-order valence-electron chi connectivity index (χ4n) is 3.87. The zero-order valence-corrected chi connectivity index (χ0v) is 22.9.